The van der Waals surface area contributed by atoms with E-state index in [0.29, 0.717) is 18.7 Å². The van der Waals surface area contributed by atoms with E-state index in [-0.39, 0.29) is 5.91 Å². The molecule has 3 amide bonds. The predicted octanol–water partition coefficient (Wildman–Crippen LogP) is 1.26. The van der Waals surface area contributed by atoms with Crippen molar-refractivity contribution in [1.29, 1.82) is 0 Å². The number of benzene rings is 1. The maximum absolute atomic E-state index is 11.8. The third kappa shape index (κ3) is 1.97. The molecule has 1 fully saturated rings. The lowest BCUT2D eigenvalue weighted by Crippen LogP contribution is -2.49. The quantitative estimate of drug-likeness (QED) is 0.804. The highest BCUT2D eigenvalue weighted by atomic mass is 16.2. The van der Waals surface area contributed by atoms with Crippen LogP contribution in [0.15, 0.2) is 30.6 Å². The van der Waals surface area contributed by atoms with Gasteiger partial charge in [0, 0.05) is 35.6 Å². The first-order chi connectivity index (χ1) is 9.15. The molecule has 0 spiro atoms. The second-order valence-electron chi connectivity index (χ2n) is 4.39. The molecule has 0 saturated carbocycles. The zero-order valence-corrected chi connectivity index (χ0v) is 10.1. The van der Waals surface area contributed by atoms with Crippen molar-refractivity contribution in [3.8, 4) is 0 Å². The van der Waals surface area contributed by atoms with Crippen LogP contribution < -0.4 is 16.0 Å². The molecule has 2 heterocycles. The molecule has 0 aliphatic carbocycles. The van der Waals surface area contributed by atoms with Crippen molar-refractivity contribution >= 4 is 34.1 Å². The molecule has 1 aromatic carbocycles. The van der Waals surface area contributed by atoms with E-state index in [1.807, 2.05) is 18.2 Å². The summed E-state index contributed by atoms with van der Waals surface area (Å²) in [4.78, 5) is 28.4. The normalized spacial score (nSPS) is 15.7. The van der Waals surface area contributed by atoms with E-state index in [0.717, 1.165) is 16.5 Å². The van der Waals surface area contributed by atoms with Crippen molar-refractivity contribution < 1.29 is 9.59 Å². The van der Waals surface area contributed by atoms with Gasteiger partial charge in [-0.25, -0.2) is 4.79 Å². The van der Waals surface area contributed by atoms with Gasteiger partial charge in [0.1, 0.15) is 0 Å². The summed E-state index contributed by atoms with van der Waals surface area (Å²) in [6.07, 6.45) is 3.59. The number of nitrogens with one attached hydrogen (secondary N) is 1. The zero-order chi connectivity index (χ0) is 13.4. The smallest absolute Gasteiger partial charge is 0.328 e. The first-order valence-electron chi connectivity index (χ1n) is 5.90. The summed E-state index contributed by atoms with van der Waals surface area (Å²) in [5.41, 5.74) is 7.16. The van der Waals surface area contributed by atoms with E-state index in [9.17, 15) is 9.59 Å². The highest BCUT2D eigenvalue weighted by Gasteiger charge is 2.24. The molecule has 1 saturated heterocycles. The number of hydrogen-bond acceptors (Lipinski definition) is 4. The van der Waals surface area contributed by atoms with Crippen LogP contribution >= 0.6 is 0 Å². The Labute approximate surface area is 109 Å². The number of fused-ring (bicyclic) bond motifs is 1. The van der Waals surface area contributed by atoms with Gasteiger partial charge in [0.05, 0.1) is 11.9 Å². The number of hydrogen-bond donors (Lipinski definition) is 2. The monoisotopic (exact) mass is 256 g/mol. The number of carbonyl (C=O) groups is 2. The molecule has 3 N–H and O–H groups in total. The first kappa shape index (κ1) is 11.5. The second-order valence-corrected chi connectivity index (χ2v) is 4.39. The Bertz CT molecular complexity index is 683. The number of carbonyl (C=O) groups excluding carboxylic acids is 2. The topological polar surface area (TPSA) is 88.3 Å². The van der Waals surface area contributed by atoms with Gasteiger partial charge in [-0.05, 0) is 12.1 Å². The van der Waals surface area contributed by atoms with E-state index in [4.69, 9.17) is 5.73 Å². The van der Waals surface area contributed by atoms with Gasteiger partial charge in [-0.1, -0.05) is 6.07 Å². The lowest BCUT2D eigenvalue weighted by molar-refractivity contribution is -0.120. The lowest BCUT2D eigenvalue weighted by Gasteiger charge is -2.26. The molecule has 0 bridgehead atoms. The van der Waals surface area contributed by atoms with Crippen molar-refractivity contribution in [3.63, 3.8) is 0 Å². The lowest BCUT2D eigenvalue weighted by atomic mass is 10.1. The Morgan fingerprint density at radius 2 is 2.11 bits per heavy atom. The summed E-state index contributed by atoms with van der Waals surface area (Å²) >= 11 is 0. The van der Waals surface area contributed by atoms with E-state index >= 15 is 0 Å². The molecule has 3 rings (SSSR count). The van der Waals surface area contributed by atoms with Crippen molar-refractivity contribution in [1.82, 2.24) is 10.3 Å². The summed E-state index contributed by atoms with van der Waals surface area (Å²) in [5.74, 6) is -0.243. The number of aromatic nitrogens is 1. The number of nitrogens with zero attached hydrogens (tertiary/aromatic N) is 2. The zero-order valence-electron chi connectivity index (χ0n) is 10.1. The summed E-state index contributed by atoms with van der Waals surface area (Å²) in [5, 5.41) is 4.05. The second kappa shape index (κ2) is 4.24. The van der Waals surface area contributed by atoms with Crippen LogP contribution in [-0.2, 0) is 4.79 Å². The van der Waals surface area contributed by atoms with Crippen LogP contribution in [0.3, 0.4) is 0 Å². The van der Waals surface area contributed by atoms with Crippen molar-refractivity contribution in [3.05, 3.63) is 30.6 Å². The first-order valence-corrected chi connectivity index (χ1v) is 5.90. The molecular weight excluding hydrogens is 244 g/mol. The van der Waals surface area contributed by atoms with Gasteiger partial charge >= 0.3 is 6.03 Å². The Kier molecular flexibility index (Phi) is 2.56. The average molecular weight is 256 g/mol. The summed E-state index contributed by atoms with van der Waals surface area (Å²) in [7, 11) is 0. The number of nitrogen functional groups attached to an aromatic ring is 1. The Hall–Kier alpha value is -2.63. The predicted molar refractivity (Wildman–Crippen MR) is 71.7 cm³/mol. The molecule has 96 valence electrons. The minimum absolute atomic E-state index is 0.243. The number of imide groups is 1. The van der Waals surface area contributed by atoms with Gasteiger partial charge < -0.3 is 5.73 Å². The van der Waals surface area contributed by atoms with Gasteiger partial charge in [-0.3, -0.25) is 20.0 Å². The molecule has 0 radical (unpaired) electrons. The minimum Gasteiger partial charge on any atom is -0.397 e. The van der Waals surface area contributed by atoms with Crippen molar-refractivity contribution in [2.45, 2.75) is 6.42 Å². The summed E-state index contributed by atoms with van der Waals surface area (Å²) in [6, 6.07) is 5.11. The number of amides is 3. The van der Waals surface area contributed by atoms with Gasteiger partial charge in [0.25, 0.3) is 0 Å². The van der Waals surface area contributed by atoms with E-state index in [1.165, 1.54) is 4.90 Å². The van der Waals surface area contributed by atoms with Crippen LogP contribution in [0, 0.1) is 0 Å². The third-order valence-electron chi connectivity index (χ3n) is 3.14. The molecule has 0 atom stereocenters. The average Bonchev–Trinajstić information content (AvgIpc) is 2.38. The fraction of sp³-hybridized carbons (Fsp3) is 0.154. The summed E-state index contributed by atoms with van der Waals surface area (Å²) < 4.78 is 0. The SMILES string of the molecule is Nc1cncc2cc(N3CCC(=O)NC3=O)ccc12. The van der Waals surface area contributed by atoms with Crippen LogP contribution in [0.1, 0.15) is 6.42 Å². The number of rotatable bonds is 1. The molecule has 1 aromatic heterocycles. The number of nitrogens with two attached hydrogens (primary N) is 1. The molecule has 6 heteroatoms. The van der Waals surface area contributed by atoms with Crippen molar-refractivity contribution in [2.24, 2.45) is 0 Å². The molecule has 0 unspecified atom stereocenters. The highest BCUT2D eigenvalue weighted by Crippen LogP contribution is 2.26. The molecule has 1 aliphatic rings. The van der Waals surface area contributed by atoms with Crippen LogP contribution in [-0.4, -0.2) is 23.5 Å². The van der Waals surface area contributed by atoms with E-state index < -0.39 is 6.03 Å². The Morgan fingerprint density at radius 3 is 2.89 bits per heavy atom. The largest absolute Gasteiger partial charge is 0.397 e. The molecule has 2 aromatic rings. The van der Waals surface area contributed by atoms with Gasteiger partial charge in [-0.15, -0.1) is 0 Å². The fourth-order valence-corrected chi connectivity index (χ4v) is 2.17. The fourth-order valence-electron chi connectivity index (χ4n) is 2.17. The van der Waals surface area contributed by atoms with Gasteiger partial charge in [-0.2, -0.15) is 0 Å². The van der Waals surface area contributed by atoms with Crippen LogP contribution in [0.25, 0.3) is 10.8 Å². The summed E-state index contributed by atoms with van der Waals surface area (Å²) in [6.45, 7) is 0.381. The molecule has 6 nitrogen and oxygen atoms in total. The standard InChI is InChI=1S/C13H12N4O2/c14-11-7-15-6-8-5-9(1-2-10(8)11)17-4-3-12(18)16-13(17)19/h1-2,5-7H,3-4,14H2,(H,16,18,19). The Balaban J connectivity index is 2.02. The number of pyridine rings is 1. The van der Waals surface area contributed by atoms with Crippen LogP contribution in [0.4, 0.5) is 16.2 Å². The molecule has 1 aliphatic heterocycles. The molecular formula is C13H12N4O2. The van der Waals surface area contributed by atoms with Crippen LogP contribution in [0.5, 0.6) is 0 Å². The van der Waals surface area contributed by atoms with Gasteiger partial charge in [0.2, 0.25) is 5.91 Å². The maximum Gasteiger partial charge on any atom is 0.328 e. The van der Waals surface area contributed by atoms with Gasteiger partial charge in [0.15, 0.2) is 0 Å². The minimum atomic E-state index is -0.396. The third-order valence-corrected chi connectivity index (χ3v) is 3.14. The molecule has 19 heavy (non-hydrogen) atoms. The van der Waals surface area contributed by atoms with Crippen molar-refractivity contribution in [2.75, 3.05) is 17.2 Å². The van der Waals surface area contributed by atoms with Crippen LogP contribution in [0.2, 0.25) is 0 Å². The highest BCUT2D eigenvalue weighted by molar-refractivity contribution is 6.06. The number of anilines is 2. The van der Waals surface area contributed by atoms with E-state index in [2.05, 4.69) is 10.3 Å². The Morgan fingerprint density at radius 1 is 1.26 bits per heavy atom. The maximum atomic E-state index is 11.8. The number of urea groups is 1. The van der Waals surface area contributed by atoms with E-state index in [1.54, 1.807) is 12.4 Å².